The second-order valence-electron chi connectivity index (χ2n) is 4.32. The molecule has 2 aromatic rings. The lowest BCUT2D eigenvalue weighted by Crippen LogP contribution is -2.17. The molecule has 0 atom stereocenters. The Morgan fingerprint density at radius 2 is 1.91 bits per heavy atom. The largest absolute Gasteiger partial charge is 0.493 e. The van der Waals surface area contributed by atoms with Crippen LogP contribution in [0.5, 0.6) is 11.5 Å². The zero-order valence-corrected chi connectivity index (χ0v) is 12.2. The number of halogens is 1. The number of carbonyl (C=O) groups is 1. The van der Waals surface area contributed by atoms with E-state index in [2.05, 4.69) is 10.5 Å². The fourth-order valence-corrected chi connectivity index (χ4v) is 1.79. The first kappa shape index (κ1) is 15.5. The molecule has 0 bridgehead atoms. The Bertz CT molecular complexity index is 702. The summed E-state index contributed by atoms with van der Waals surface area (Å²) in [5.41, 5.74) is 3.25. The zero-order valence-electron chi connectivity index (χ0n) is 12.2. The molecule has 2 rings (SSSR count). The first-order valence-corrected chi connectivity index (χ1v) is 6.45. The van der Waals surface area contributed by atoms with Gasteiger partial charge in [0.2, 0.25) is 0 Å². The molecule has 0 spiro atoms. The lowest BCUT2D eigenvalue weighted by molar-refractivity contribution is 0.0954. The molecule has 0 fully saturated rings. The Labute approximate surface area is 127 Å². The normalized spacial score (nSPS) is 10.5. The van der Waals surface area contributed by atoms with Crippen molar-refractivity contribution >= 4 is 12.1 Å². The summed E-state index contributed by atoms with van der Waals surface area (Å²) in [7, 11) is 3.08. The number of nitrogens with zero attached hydrogens (tertiary/aromatic N) is 1. The van der Waals surface area contributed by atoms with Gasteiger partial charge in [0.1, 0.15) is 5.82 Å². The molecule has 22 heavy (non-hydrogen) atoms. The van der Waals surface area contributed by atoms with Gasteiger partial charge in [0.25, 0.3) is 5.91 Å². The molecular weight excluding hydrogens is 287 g/mol. The summed E-state index contributed by atoms with van der Waals surface area (Å²) >= 11 is 0. The second kappa shape index (κ2) is 7.21. The summed E-state index contributed by atoms with van der Waals surface area (Å²) in [5.74, 6) is 0.194. The van der Waals surface area contributed by atoms with Crippen LogP contribution in [0.2, 0.25) is 0 Å². The van der Waals surface area contributed by atoms with Crippen molar-refractivity contribution in [1.82, 2.24) is 5.43 Å². The minimum atomic E-state index is -0.490. The minimum Gasteiger partial charge on any atom is -0.493 e. The van der Waals surface area contributed by atoms with E-state index >= 15 is 0 Å². The van der Waals surface area contributed by atoms with Crippen LogP contribution >= 0.6 is 0 Å². The van der Waals surface area contributed by atoms with Gasteiger partial charge in [-0.05, 0) is 42.0 Å². The summed E-state index contributed by atoms with van der Waals surface area (Å²) < 4.78 is 23.3. The number of amides is 1. The SMILES string of the molecule is COc1ccc(/C=N\NC(=O)c2cccc(F)c2)cc1OC. The average molecular weight is 302 g/mol. The van der Waals surface area contributed by atoms with Crippen LogP contribution in [0, 0.1) is 5.82 Å². The van der Waals surface area contributed by atoms with Gasteiger partial charge in [0, 0.05) is 5.56 Å². The van der Waals surface area contributed by atoms with Gasteiger partial charge in [-0.15, -0.1) is 0 Å². The van der Waals surface area contributed by atoms with E-state index in [9.17, 15) is 9.18 Å². The molecule has 1 amide bonds. The fourth-order valence-electron chi connectivity index (χ4n) is 1.79. The van der Waals surface area contributed by atoms with Crippen LogP contribution in [0.1, 0.15) is 15.9 Å². The van der Waals surface area contributed by atoms with Gasteiger partial charge in [0.05, 0.1) is 20.4 Å². The van der Waals surface area contributed by atoms with Crippen LogP contribution in [0.15, 0.2) is 47.6 Å². The number of hydrazone groups is 1. The summed E-state index contributed by atoms with van der Waals surface area (Å²) in [6, 6.07) is 10.6. The monoisotopic (exact) mass is 302 g/mol. The molecule has 114 valence electrons. The molecule has 5 nitrogen and oxygen atoms in total. The Balaban J connectivity index is 2.05. The lowest BCUT2D eigenvalue weighted by Gasteiger charge is -2.07. The molecule has 0 saturated heterocycles. The topological polar surface area (TPSA) is 59.9 Å². The van der Waals surface area contributed by atoms with Crippen LogP contribution in [0.3, 0.4) is 0 Å². The minimum absolute atomic E-state index is 0.199. The van der Waals surface area contributed by atoms with Crippen LogP contribution in [0.25, 0.3) is 0 Å². The van der Waals surface area contributed by atoms with Gasteiger partial charge in [-0.1, -0.05) is 6.07 Å². The second-order valence-corrected chi connectivity index (χ2v) is 4.32. The molecule has 0 aromatic heterocycles. The van der Waals surface area contributed by atoms with Gasteiger partial charge < -0.3 is 9.47 Å². The molecule has 2 aromatic carbocycles. The number of hydrogen-bond acceptors (Lipinski definition) is 4. The van der Waals surface area contributed by atoms with Gasteiger partial charge in [-0.3, -0.25) is 4.79 Å². The smallest absolute Gasteiger partial charge is 0.271 e. The maximum Gasteiger partial charge on any atom is 0.271 e. The van der Waals surface area contributed by atoms with Gasteiger partial charge in [0.15, 0.2) is 11.5 Å². The Hall–Kier alpha value is -2.89. The van der Waals surface area contributed by atoms with E-state index in [1.165, 1.54) is 31.5 Å². The number of rotatable bonds is 5. The van der Waals surface area contributed by atoms with E-state index in [1.807, 2.05) is 0 Å². The lowest BCUT2D eigenvalue weighted by atomic mass is 10.2. The average Bonchev–Trinajstić information content (AvgIpc) is 2.54. The van der Waals surface area contributed by atoms with E-state index in [0.717, 1.165) is 11.6 Å². The molecule has 0 radical (unpaired) electrons. The molecule has 0 aliphatic carbocycles. The number of carbonyl (C=O) groups excluding carboxylic acids is 1. The van der Waals surface area contributed by atoms with Crippen LogP contribution in [-0.2, 0) is 0 Å². The van der Waals surface area contributed by atoms with E-state index < -0.39 is 11.7 Å². The summed E-state index contributed by atoms with van der Waals surface area (Å²) in [6.07, 6.45) is 1.46. The Kier molecular flexibility index (Phi) is 5.08. The molecule has 0 saturated carbocycles. The van der Waals surface area contributed by atoms with Gasteiger partial charge >= 0.3 is 0 Å². The highest BCUT2D eigenvalue weighted by atomic mass is 19.1. The van der Waals surface area contributed by atoms with E-state index in [1.54, 1.807) is 25.3 Å². The van der Waals surface area contributed by atoms with Gasteiger partial charge in [-0.25, -0.2) is 9.82 Å². The third kappa shape index (κ3) is 3.82. The quantitative estimate of drug-likeness (QED) is 0.682. The summed E-state index contributed by atoms with van der Waals surface area (Å²) in [6.45, 7) is 0. The van der Waals surface area contributed by atoms with E-state index in [0.29, 0.717) is 11.5 Å². The molecule has 0 aliphatic heterocycles. The number of nitrogens with one attached hydrogen (secondary N) is 1. The van der Waals surface area contributed by atoms with Gasteiger partial charge in [-0.2, -0.15) is 5.10 Å². The van der Waals surface area contributed by atoms with Crippen molar-refractivity contribution in [2.75, 3.05) is 14.2 Å². The van der Waals surface area contributed by atoms with Crippen molar-refractivity contribution in [2.45, 2.75) is 0 Å². The highest BCUT2D eigenvalue weighted by Crippen LogP contribution is 2.26. The molecular formula is C16H15FN2O3. The Morgan fingerprint density at radius 3 is 2.59 bits per heavy atom. The Morgan fingerprint density at radius 1 is 1.14 bits per heavy atom. The fraction of sp³-hybridized carbons (Fsp3) is 0.125. The number of benzene rings is 2. The van der Waals surface area contributed by atoms with Crippen molar-refractivity contribution in [3.8, 4) is 11.5 Å². The number of hydrogen-bond donors (Lipinski definition) is 1. The zero-order chi connectivity index (χ0) is 15.9. The van der Waals surface area contributed by atoms with Crippen molar-refractivity contribution < 1.29 is 18.7 Å². The first-order chi connectivity index (χ1) is 10.6. The maximum absolute atomic E-state index is 13.0. The molecule has 0 heterocycles. The molecule has 0 aliphatic rings. The highest BCUT2D eigenvalue weighted by Gasteiger charge is 2.05. The number of ether oxygens (including phenoxy) is 2. The molecule has 1 N–H and O–H groups in total. The standard InChI is InChI=1S/C16H15FN2O3/c1-21-14-7-6-11(8-15(14)22-2)10-18-19-16(20)12-4-3-5-13(17)9-12/h3-10H,1-2H3,(H,19,20)/b18-10-. The highest BCUT2D eigenvalue weighted by molar-refractivity contribution is 5.94. The van der Waals surface area contributed by atoms with E-state index in [-0.39, 0.29) is 5.56 Å². The third-order valence-corrected chi connectivity index (χ3v) is 2.87. The van der Waals surface area contributed by atoms with Crippen molar-refractivity contribution in [2.24, 2.45) is 5.10 Å². The maximum atomic E-state index is 13.0. The van der Waals surface area contributed by atoms with Crippen LogP contribution < -0.4 is 14.9 Å². The summed E-state index contributed by atoms with van der Waals surface area (Å²) in [4.78, 5) is 11.8. The predicted octanol–water partition coefficient (Wildman–Crippen LogP) is 2.61. The van der Waals surface area contributed by atoms with Crippen LogP contribution in [0.4, 0.5) is 4.39 Å². The van der Waals surface area contributed by atoms with E-state index in [4.69, 9.17) is 9.47 Å². The summed E-state index contributed by atoms with van der Waals surface area (Å²) in [5, 5.41) is 3.84. The third-order valence-electron chi connectivity index (χ3n) is 2.87. The molecule has 6 heteroatoms. The van der Waals surface area contributed by atoms with Crippen molar-refractivity contribution in [3.05, 3.63) is 59.4 Å². The predicted molar refractivity (Wildman–Crippen MR) is 81.0 cm³/mol. The number of methoxy groups -OCH3 is 2. The van der Waals surface area contributed by atoms with Crippen molar-refractivity contribution in [3.63, 3.8) is 0 Å². The van der Waals surface area contributed by atoms with Crippen molar-refractivity contribution in [1.29, 1.82) is 0 Å². The first-order valence-electron chi connectivity index (χ1n) is 6.45. The molecule has 0 unspecified atom stereocenters. The van der Waals surface area contributed by atoms with Crippen LogP contribution in [-0.4, -0.2) is 26.3 Å².